The van der Waals surface area contributed by atoms with Crippen LogP contribution in [-0.4, -0.2) is 47.6 Å². The predicted molar refractivity (Wildman–Crippen MR) is 84.4 cm³/mol. The lowest BCUT2D eigenvalue weighted by molar-refractivity contribution is -0.122. The van der Waals surface area contributed by atoms with Crippen LogP contribution >= 0.6 is 0 Å². The fourth-order valence-corrected chi connectivity index (χ4v) is 4.87. The van der Waals surface area contributed by atoms with Crippen LogP contribution in [0, 0.1) is 5.92 Å². The van der Waals surface area contributed by atoms with Gasteiger partial charge in [-0.05, 0) is 44.1 Å². The summed E-state index contributed by atoms with van der Waals surface area (Å²) in [6.45, 7) is 0.874. The first-order valence-corrected chi connectivity index (χ1v) is 8.01. The Hall–Kier alpha value is -2.01. The zero-order valence-corrected chi connectivity index (χ0v) is 13.4. The Kier molecular flexibility index (Phi) is 3.00. The first kappa shape index (κ1) is 14.6. The summed E-state index contributed by atoms with van der Waals surface area (Å²) in [5, 5.41) is 20.5. The maximum Gasteiger partial charge on any atom is 0.197 e. The normalized spacial score (nSPS) is 32.8. The number of allylic oxidation sites excluding steroid dienone is 1. The highest BCUT2D eigenvalue weighted by atomic mass is 16.5. The molecule has 0 radical (unpaired) electrons. The van der Waals surface area contributed by atoms with E-state index in [9.17, 15) is 15.0 Å². The lowest BCUT2D eigenvalue weighted by atomic mass is 9.53. The van der Waals surface area contributed by atoms with Gasteiger partial charge in [-0.15, -0.1) is 0 Å². The fourth-order valence-electron chi connectivity index (χ4n) is 4.87. The third kappa shape index (κ3) is 1.80. The lowest BCUT2D eigenvalue weighted by Gasteiger charge is -2.56. The van der Waals surface area contributed by atoms with Crippen molar-refractivity contribution in [1.82, 2.24) is 4.90 Å². The van der Waals surface area contributed by atoms with E-state index in [0.717, 1.165) is 30.5 Å². The number of piperidine rings is 1. The molecule has 1 saturated heterocycles. The van der Waals surface area contributed by atoms with Crippen molar-refractivity contribution in [2.24, 2.45) is 5.92 Å². The van der Waals surface area contributed by atoms with Crippen LogP contribution in [0.5, 0.6) is 11.5 Å². The third-order valence-corrected chi connectivity index (χ3v) is 6.00. The second-order valence-corrected chi connectivity index (χ2v) is 6.99. The van der Waals surface area contributed by atoms with Gasteiger partial charge in [-0.1, -0.05) is 6.07 Å². The van der Waals surface area contributed by atoms with Crippen LogP contribution in [0.3, 0.4) is 0 Å². The van der Waals surface area contributed by atoms with Gasteiger partial charge in [0, 0.05) is 29.4 Å². The molecule has 5 nitrogen and oxygen atoms in total. The van der Waals surface area contributed by atoms with Gasteiger partial charge in [-0.3, -0.25) is 4.79 Å². The van der Waals surface area contributed by atoms with E-state index in [1.165, 1.54) is 7.11 Å². The van der Waals surface area contributed by atoms with Gasteiger partial charge in [0.25, 0.3) is 0 Å². The monoisotopic (exact) mass is 315 g/mol. The molecule has 3 atom stereocenters. The van der Waals surface area contributed by atoms with Gasteiger partial charge < -0.3 is 19.8 Å². The molecule has 122 valence electrons. The maximum absolute atomic E-state index is 12.5. The minimum atomic E-state index is -0.438. The topological polar surface area (TPSA) is 70.0 Å². The van der Waals surface area contributed by atoms with E-state index in [-0.39, 0.29) is 29.2 Å². The molecular formula is C18H21NO4. The van der Waals surface area contributed by atoms with Crippen LogP contribution in [0.2, 0.25) is 0 Å². The summed E-state index contributed by atoms with van der Waals surface area (Å²) in [6, 6.07) is 3.70. The lowest BCUT2D eigenvalue weighted by Crippen LogP contribution is -2.60. The average Bonchev–Trinajstić information content (AvgIpc) is 2.53. The number of ketones is 1. The van der Waals surface area contributed by atoms with Crippen molar-refractivity contribution in [1.29, 1.82) is 0 Å². The van der Waals surface area contributed by atoms with Gasteiger partial charge in [0.05, 0.1) is 7.11 Å². The van der Waals surface area contributed by atoms with Crippen LogP contribution in [-0.2, 0) is 21.4 Å². The summed E-state index contributed by atoms with van der Waals surface area (Å²) in [5.74, 6) is 0.339. The molecule has 1 aliphatic heterocycles. The van der Waals surface area contributed by atoms with E-state index < -0.39 is 5.41 Å². The number of fused-ring (bicyclic) bond motifs is 1. The summed E-state index contributed by atoms with van der Waals surface area (Å²) >= 11 is 0. The molecule has 3 aliphatic rings. The number of methoxy groups -OCH3 is 1. The van der Waals surface area contributed by atoms with E-state index in [1.54, 1.807) is 6.07 Å². The number of phenolic OH excluding ortho intramolecular Hbond substituents is 2. The molecule has 1 aromatic rings. The van der Waals surface area contributed by atoms with Crippen LogP contribution < -0.4 is 0 Å². The summed E-state index contributed by atoms with van der Waals surface area (Å²) in [5.41, 5.74) is 1.37. The van der Waals surface area contributed by atoms with E-state index in [2.05, 4.69) is 11.9 Å². The smallest absolute Gasteiger partial charge is 0.197 e. The van der Waals surface area contributed by atoms with Crippen molar-refractivity contribution in [3.63, 3.8) is 0 Å². The standard InChI is InChI=1S/C18H21NO4/c1-19-6-5-18-9-14(21)15(23-2)8-11(18)12(19)7-10-3-4-13(20)17(22)16(10)18/h3-4,8,11-12,20,22H,5-7,9H2,1-2H3/t11?,12?,18-/m1/s1. The number of likely N-dealkylation sites (tertiary alicyclic amines) is 1. The molecule has 0 amide bonds. The molecule has 0 saturated carbocycles. The van der Waals surface area contributed by atoms with Crippen LogP contribution in [0.25, 0.3) is 0 Å². The number of likely N-dealkylation sites (N-methyl/N-ethyl adjacent to an activating group) is 1. The molecule has 0 spiro atoms. The summed E-state index contributed by atoms with van der Waals surface area (Å²) in [4.78, 5) is 14.8. The van der Waals surface area contributed by atoms with Crippen molar-refractivity contribution in [2.75, 3.05) is 20.7 Å². The van der Waals surface area contributed by atoms with E-state index in [0.29, 0.717) is 12.2 Å². The van der Waals surface area contributed by atoms with Gasteiger partial charge in [-0.2, -0.15) is 0 Å². The average molecular weight is 315 g/mol. The van der Waals surface area contributed by atoms with Gasteiger partial charge >= 0.3 is 0 Å². The first-order chi connectivity index (χ1) is 11.0. The molecule has 2 N–H and O–H groups in total. The van der Waals surface area contributed by atoms with Crippen molar-refractivity contribution in [3.8, 4) is 11.5 Å². The second-order valence-electron chi connectivity index (χ2n) is 6.99. The van der Waals surface area contributed by atoms with Crippen molar-refractivity contribution < 1.29 is 19.7 Å². The second kappa shape index (κ2) is 4.74. The van der Waals surface area contributed by atoms with Crippen molar-refractivity contribution >= 4 is 5.78 Å². The number of carbonyl (C=O) groups excluding carboxylic acids is 1. The Morgan fingerprint density at radius 2 is 2.13 bits per heavy atom. The third-order valence-electron chi connectivity index (χ3n) is 6.00. The van der Waals surface area contributed by atoms with E-state index >= 15 is 0 Å². The van der Waals surface area contributed by atoms with Crippen LogP contribution in [0.15, 0.2) is 24.0 Å². The highest BCUT2D eigenvalue weighted by molar-refractivity contribution is 5.96. The van der Waals surface area contributed by atoms with Crippen LogP contribution in [0.1, 0.15) is 24.0 Å². The number of hydrogen-bond donors (Lipinski definition) is 2. The van der Waals surface area contributed by atoms with Crippen LogP contribution in [0.4, 0.5) is 0 Å². The van der Waals surface area contributed by atoms with Crippen molar-refractivity contribution in [2.45, 2.75) is 30.7 Å². The van der Waals surface area contributed by atoms with Gasteiger partial charge in [0.15, 0.2) is 23.0 Å². The summed E-state index contributed by atoms with van der Waals surface area (Å²) in [7, 11) is 3.64. The number of ether oxygens (including phenoxy) is 1. The molecule has 5 heteroatoms. The number of hydrogen-bond acceptors (Lipinski definition) is 5. The molecule has 2 aliphatic carbocycles. The highest BCUT2D eigenvalue weighted by Crippen LogP contribution is 2.57. The van der Waals surface area contributed by atoms with E-state index in [4.69, 9.17) is 4.74 Å². The first-order valence-electron chi connectivity index (χ1n) is 8.01. The molecule has 2 unspecified atom stereocenters. The quantitative estimate of drug-likeness (QED) is 0.772. The molecule has 23 heavy (non-hydrogen) atoms. The largest absolute Gasteiger partial charge is 0.504 e. The molecule has 1 aromatic carbocycles. The summed E-state index contributed by atoms with van der Waals surface area (Å²) < 4.78 is 5.27. The Balaban J connectivity index is 1.98. The van der Waals surface area contributed by atoms with Crippen molar-refractivity contribution in [3.05, 3.63) is 35.1 Å². The SMILES string of the molecule is COC1=CC2C3Cc4ccc(O)c(O)c4[C@]2(CCN3C)CC1=O. The predicted octanol–water partition coefficient (Wildman–Crippen LogP) is 1.72. The molecule has 1 fully saturated rings. The molecule has 2 bridgehead atoms. The minimum absolute atomic E-state index is 0.0253. The number of carbonyl (C=O) groups is 1. The number of benzene rings is 1. The number of aromatic hydroxyl groups is 2. The Morgan fingerprint density at radius 1 is 1.35 bits per heavy atom. The minimum Gasteiger partial charge on any atom is -0.504 e. The summed E-state index contributed by atoms with van der Waals surface area (Å²) in [6.07, 6.45) is 3.85. The Labute approximate surface area is 135 Å². The fraction of sp³-hybridized carbons (Fsp3) is 0.500. The molecular weight excluding hydrogens is 294 g/mol. The Morgan fingerprint density at radius 3 is 2.87 bits per heavy atom. The molecule has 0 aromatic heterocycles. The van der Waals surface area contributed by atoms with E-state index in [1.807, 2.05) is 12.1 Å². The Bertz CT molecular complexity index is 726. The van der Waals surface area contributed by atoms with Gasteiger partial charge in [0.1, 0.15) is 0 Å². The zero-order valence-electron chi connectivity index (χ0n) is 13.4. The molecule has 1 heterocycles. The number of phenols is 2. The maximum atomic E-state index is 12.5. The van der Waals surface area contributed by atoms with Gasteiger partial charge in [-0.25, -0.2) is 0 Å². The number of rotatable bonds is 1. The highest BCUT2D eigenvalue weighted by Gasteiger charge is 2.56. The zero-order chi connectivity index (χ0) is 16.4. The number of Topliss-reactive ketones (excluding diaryl/α,β-unsaturated/α-hetero) is 1. The number of nitrogens with zero attached hydrogens (tertiary/aromatic N) is 1. The molecule has 4 rings (SSSR count). The van der Waals surface area contributed by atoms with Gasteiger partial charge in [0.2, 0.25) is 0 Å².